The predicted octanol–water partition coefficient (Wildman–Crippen LogP) is 4.73. The third-order valence-corrected chi connectivity index (χ3v) is 4.28. The van der Waals surface area contributed by atoms with Crippen LogP contribution in [0.4, 0.5) is 0 Å². The average molecular weight is 497 g/mol. The summed E-state index contributed by atoms with van der Waals surface area (Å²) in [6.45, 7) is 0. The van der Waals surface area contributed by atoms with Gasteiger partial charge in [0.2, 0.25) is 5.91 Å². The highest BCUT2D eigenvalue weighted by molar-refractivity contribution is 9.28. The zero-order valence-corrected chi connectivity index (χ0v) is 17.9. The number of allylic oxidation sites excluding steroid dienone is 2. The number of aliphatic carboxylic acids is 2. The molecule has 0 fully saturated rings. The van der Waals surface area contributed by atoms with Crippen LogP contribution in [0.15, 0.2) is 21.6 Å². The Labute approximate surface area is 171 Å². The summed E-state index contributed by atoms with van der Waals surface area (Å²) in [5.74, 6) is -3.21. The first-order chi connectivity index (χ1) is 12.3. The SMILES string of the molecule is O=C(O)C[C@H](NC(=O)/C=C/CCCCCCCCCC=C(Br)Br)C(=O)O. The molecule has 0 saturated carbocycles. The van der Waals surface area contributed by atoms with Crippen LogP contribution in [0.25, 0.3) is 0 Å². The van der Waals surface area contributed by atoms with Crippen LogP contribution in [0.5, 0.6) is 0 Å². The standard InChI is InChI=1S/C18H27Br2NO5/c19-15(20)11-9-7-5-3-1-2-4-6-8-10-12-16(22)21-14(18(25)26)13-17(23)24/h10-12,14H,1-9,13H2,(H,21,22)(H,23,24)(H,25,26)/b12-10+/t14-/m0/s1. The number of nitrogens with one attached hydrogen (secondary N) is 1. The van der Waals surface area contributed by atoms with Crippen LogP contribution in [-0.4, -0.2) is 34.1 Å². The minimum Gasteiger partial charge on any atom is -0.481 e. The number of unbranched alkanes of at least 4 members (excludes halogenated alkanes) is 8. The van der Waals surface area contributed by atoms with E-state index in [1.807, 2.05) is 0 Å². The van der Waals surface area contributed by atoms with E-state index in [1.165, 1.54) is 31.8 Å². The lowest BCUT2D eigenvalue weighted by Gasteiger charge is -2.10. The Kier molecular flexibility index (Phi) is 15.3. The van der Waals surface area contributed by atoms with Crippen molar-refractivity contribution >= 4 is 49.7 Å². The van der Waals surface area contributed by atoms with Gasteiger partial charge in [0, 0.05) is 0 Å². The summed E-state index contributed by atoms with van der Waals surface area (Å²) >= 11 is 6.66. The highest BCUT2D eigenvalue weighted by Crippen LogP contribution is 2.16. The summed E-state index contributed by atoms with van der Waals surface area (Å²) < 4.78 is 1.01. The molecule has 0 saturated heterocycles. The van der Waals surface area contributed by atoms with Crippen LogP contribution in [0.3, 0.4) is 0 Å². The van der Waals surface area contributed by atoms with Crippen molar-refractivity contribution in [3.63, 3.8) is 0 Å². The number of carboxylic acids is 2. The van der Waals surface area contributed by atoms with E-state index in [4.69, 9.17) is 10.2 Å². The maximum Gasteiger partial charge on any atom is 0.326 e. The fourth-order valence-electron chi connectivity index (χ4n) is 2.29. The van der Waals surface area contributed by atoms with E-state index in [9.17, 15) is 14.4 Å². The van der Waals surface area contributed by atoms with E-state index in [0.717, 1.165) is 35.5 Å². The number of carbonyl (C=O) groups is 3. The smallest absolute Gasteiger partial charge is 0.326 e. The molecule has 0 aliphatic heterocycles. The van der Waals surface area contributed by atoms with Crippen molar-refractivity contribution in [2.75, 3.05) is 0 Å². The van der Waals surface area contributed by atoms with Crippen LogP contribution in [0.1, 0.15) is 64.2 Å². The summed E-state index contributed by atoms with van der Waals surface area (Å²) in [7, 11) is 0. The molecule has 0 aromatic carbocycles. The molecule has 3 N–H and O–H groups in total. The van der Waals surface area contributed by atoms with Gasteiger partial charge in [0.25, 0.3) is 0 Å². The quantitative estimate of drug-likeness (QED) is 0.224. The molecule has 8 heteroatoms. The minimum atomic E-state index is -1.41. The van der Waals surface area contributed by atoms with Crippen molar-refractivity contribution in [3.05, 3.63) is 21.6 Å². The lowest BCUT2D eigenvalue weighted by Crippen LogP contribution is -2.41. The molecule has 0 rings (SSSR count). The lowest BCUT2D eigenvalue weighted by molar-refractivity contribution is -0.146. The van der Waals surface area contributed by atoms with E-state index in [-0.39, 0.29) is 0 Å². The van der Waals surface area contributed by atoms with E-state index in [2.05, 4.69) is 43.3 Å². The highest BCUT2D eigenvalue weighted by Gasteiger charge is 2.21. The van der Waals surface area contributed by atoms with E-state index < -0.39 is 30.3 Å². The fraction of sp³-hybridized carbons (Fsp3) is 0.611. The lowest BCUT2D eigenvalue weighted by atomic mass is 10.1. The molecule has 26 heavy (non-hydrogen) atoms. The van der Waals surface area contributed by atoms with Crippen molar-refractivity contribution in [1.82, 2.24) is 5.32 Å². The van der Waals surface area contributed by atoms with Crippen molar-refractivity contribution in [2.45, 2.75) is 70.3 Å². The first-order valence-electron chi connectivity index (χ1n) is 8.75. The molecule has 0 aromatic heterocycles. The second kappa shape index (κ2) is 16.1. The van der Waals surface area contributed by atoms with Crippen molar-refractivity contribution in [3.8, 4) is 0 Å². The Morgan fingerprint density at radius 3 is 1.92 bits per heavy atom. The topological polar surface area (TPSA) is 104 Å². The summed E-state index contributed by atoms with van der Waals surface area (Å²) in [5, 5.41) is 19.6. The Morgan fingerprint density at radius 1 is 0.885 bits per heavy atom. The number of halogens is 2. The third kappa shape index (κ3) is 16.3. The maximum absolute atomic E-state index is 11.6. The third-order valence-electron chi connectivity index (χ3n) is 3.64. The largest absolute Gasteiger partial charge is 0.481 e. The summed E-state index contributed by atoms with van der Waals surface area (Å²) in [6.07, 6.45) is 14.3. The van der Waals surface area contributed by atoms with Crippen LogP contribution >= 0.6 is 31.9 Å². The molecule has 0 spiro atoms. The molecule has 0 bridgehead atoms. The molecule has 0 unspecified atom stereocenters. The first-order valence-corrected chi connectivity index (χ1v) is 10.3. The number of rotatable bonds is 15. The second-order valence-corrected chi connectivity index (χ2v) is 8.72. The van der Waals surface area contributed by atoms with Crippen molar-refractivity contribution in [1.29, 1.82) is 0 Å². The molecule has 1 atom stereocenters. The van der Waals surface area contributed by atoms with Gasteiger partial charge in [0.1, 0.15) is 6.04 Å². The molecule has 0 aliphatic rings. The molecule has 0 heterocycles. The van der Waals surface area contributed by atoms with Crippen LogP contribution < -0.4 is 5.32 Å². The molecule has 0 radical (unpaired) electrons. The van der Waals surface area contributed by atoms with Gasteiger partial charge in [-0.15, -0.1) is 0 Å². The zero-order chi connectivity index (χ0) is 19.8. The Hall–Kier alpha value is -1.15. The molecule has 1 amide bonds. The van der Waals surface area contributed by atoms with Gasteiger partial charge in [0.15, 0.2) is 0 Å². The molecule has 0 aromatic rings. The monoisotopic (exact) mass is 495 g/mol. The zero-order valence-electron chi connectivity index (χ0n) is 14.8. The molecule has 0 aliphatic carbocycles. The summed E-state index contributed by atoms with van der Waals surface area (Å²) in [5.41, 5.74) is 0. The fourth-order valence-corrected chi connectivity index (χ4v) is 2.74. The molecule has 148 valence electrons. The van der Waals surface area contributed by atoms with Crippen LogP contribution in [0.2, 0.25) is 0 Å². The number of amides is 1. The number of carboxylic acid groups (broad SMARTS) is 2. The Bertz CT molecular complexity index is 502. The molecular formula is C18H27Br2NO5. The number of hydrogen-bond acceptors (Lipinski definition) is 3. The Morgan fingerprint density at radius 2 is 1.42 bits per heavy atom. The number of carbonyl (C=O) groups excluding carboxylic acids is 1. The van der Waals surface area contributed by atoms with Gasteiger partial charge in [0.05, 0.1) is 9.81 Å². The molecular weight excluding hydrogens is 470 g/mol. The van der Waals surface area contributed by atoms with E-state index >= 15 is 0 Å². The first kappa shape index (κ1) is 24.8. The van der Waals surface area contributed by atoms with Gasteiger partial charge < -0.3 is 15.5 Å². The van der Waals surface area contributed by atoms with E-state index in [1.54, 1.807) is 6.08 Å². The van der Waals surface area contributed by atoms with Gasteiger partial charge in [-0.3, -0.25) is 9.59 Å². The van der Waals surface area contributed by atoms with Gasteiger partial charge in [-0.05, 0) is 63.6 Å². The van der Waals surface area contributed by atoms with Gasteiger partial charge >= 0.3 is 11.9 Å². The Balaban J connectivity index is 3.68. The average Bonchev–Trinajstić information content (AvgIpc) is 2.54. The van der Waals surface area contributed by atoms with Gasteiger partial charge in [-0.25, -0.2) is 4.79 Å². The number of hydrogen-bond donors (Lipinski definition) is 3. The second-order valence-electron chi connectivity index (χ2n) is 5.95. The van der Waals surface area contributed by atoms with Crippen LogP contribution in [0, 0.1) is 0 Å². The van der Waals surface area contributed by atoms with Gasteiger partial charge in [-0.1, -0.05) is 44.3 Å². The summed E-state index contributed by atoms with van der Waals surface area (Å²) in [4.78, 5) is 33.0. The van der Waals surface area contributed by atoms with Crippen molar-refractivity contribution < 1.29 is 24.6 Å². The van der Waals surface area contributed by atoms with Gasteiger partial charge in [-0.2, -0.15) is 0 Å². The summed E-state index contributed by atoms with van der Waals surface area (Å²) in [6, 6.07) is -1.41. The minimum absolute atomic E-state index is 0.581. The highest BCUT2D eigenvalue weighted by atomic mass is 79.9. The maximum atomic E-state index is 11.6. The van der Waals surface area contributed by atoms with E-state index in [0.29, 0.717) is 0 Å². The van der Waals surface area contributed by atoms with Crippen LogP contribution in [-0.2, 0) is 14.4 Å². The normalized spacial score (nSPS) is 11.9. The molecule has 6 nitrogen and oxygen atoms in total. The predicted molar refractivity (Wildman–Crippen MR) is 108 cm³/mol. The van der Waals surface area contributed by atoms with Crippen molar-refractivity contribution in [2.24, 2.45) is 0 Å².